The average Bonchev–Trinajstić information content (AvgIpc) is 2.42. The van der Waals surface area contributed by atoms with Gasteiger partial charge in [0.2, 0.25) is 0 Å². The number of nitrogens with one attached hydrogen (secondary N) is 1. The predicted octanol–water partition coefficient (Wildman–Crippen LogP) is 0.401. The highest BCUT2D eigenvalue weighted by molar-refractivity contribution is 8.14. The van der Waals surface area contributed by atoms with Crippen molar-refractivity contribution in [1.29, 1.82) is 5.41 Å². The lowest BCUT2D eigenvalue weighted by Gasteiger charge is -2.43. The molecule has 1 saturated heterocycles. The van der Waals surface area contributed by atoms with E-state index in [9.17, 15) is 14.4 Å². The molecule has 1 aliphatic rings. The zero-order valence-electron chi connectivity index (χ0n) is 13.9. The second kappa shape index (κ2) is 8.88. The molecule has 5 unspecified atom stereocenters. The molecule has 136 valence electrons. The largest absolute Gasteiger partial charge is 0.463 e. The van der Waals surface area contributed by atoms with Crippen LogP contribution in [0.3, 0.4) is 0 Å². The van der Waals surface area contributed by atoms with Crippen molar-refractivity contribution < 1.29 is 33.3 Å². The van der Waals surface area contributed by atoms with Crippen LogP contribution in [0.5, 0.6) is 0 Å². The lowest BCUT2D eigenvalue weighted by molar-refractivity contribution is -0.211. The molecule has 5 atom stereocenters. The highest BCUT2D eigenvalue weighted by atomic mass is 32.2. The van der Waals surface area contributed by atoms with Gasteiger partial charge in [-0.15, -0.1) is 0 Å². The Kier molecular flexibility index (Phi) is 7.49. The molecule has 24 heavy (non-hydrogen) atoms. The fourth-order valence-electron chi connectivity index (χ4n) is 2.38. The molecule has 0 aromatic heterocycles. The Hall–Kier alpha value is -1.81. The van der Waals surface area contributed by atoms with Crippen LogP contribution in [0.15, 0.2) is 0 Å². The normalized spacial score (nSPS) is 29.4. The number of carbonyl (C=O) groups excluding carboxylic acids is 3. The summed E-state index contributed by atoms with van der Waals surface area (Å²) in [6, 6.07) is 0. The number of nitrogens with two attached hydrogens (primary N) is 1. The summed E-state index contributed by atoms with van der Waals surface area (Å²) in [5.41, 5.74) is 4.62. The third-order valence-electron chi connectivity index (χ3n) is 3.28. The monoisotopic (exact) mass is 362 g/mol. The summed E-state index contributed by atoms with van der Waals surface area (Å²) >= 11 is 0.869. The van der Waals surface area contributed by atoms with Gasteiger partial charge in [0.1, 0.15) is 30.4 Å². The van der Waals surface area contributed by atoms with Crippen LogP contribution in [0.2, 0.25) is 0 Å². The summed E-state index contributed by atoms with van der Waals surface area (Å²) in [5, 5.41) is 7.20. The van der Waals surface area contributed by atoms with Gasteiger partial charge >= 0.3 is 17.9 Å². The van der Waals surface area contributed by atoms with Crippen molar-refractivity contribution in [2.75, 3.05) is 6.61 Å². The van der Waals surface area contributed by atoms with Crippen LogP contribution in [0.4, 0.5) is 0 Å². The van der Waals surface area contributed by atoms with Crippen LogP contribution in [-0.2, 0) is 33.3 Å². The molecule has 1 fully saturated rings. The molecule has 1 heterocycles. The van der Waals surface area contributed by atoms with Gasteiger partial charge in [-0.3, -0.25) is 19.8 Å². The van der Waals surface area contributed by atoms with E-state index in [-0.39, 0.29) is 11.8 Å². The molecule has 0 radical (unpaired) electrons. The lowest BCUT2D eigenvalue weighted by Crippen LogP contribution is -2.56. The summed E-state index contributed by atoms with van der Waals surface area (Å²) in [6.45, 7) is 5.31. The van der Waals surface area contributed by atoms with Gasteiger partial charge in [-0.05, 0) is 0 Å². The molecule has 0 aliphatic carbocycles. The van der Waals surface area contributed by atoms with Crippen LogP contribution in [0, 0.1) is 11.3 Å². The topological polar surface area (TPSA) is 138 Å². The van der Waals surface area contributed by atoms with Crippen molar-refractivity contribution >= 4 is 34.8 Å². The maximum atomic E-state index is 11.4. The highest BCUT2D eigenvalue weighted by Gasteiger charge is 2.48. The number of rotatable bonds is 5. The minimum atomic E-state index is -0.784. The van der Waals surface area contributed by atoms with Crippen LogP contribution in [-0.4, -0.2) is 53.4 Å². The van der Waals surface area contributed by atoms with E-state index < -0.39 is 47.6 Å². The Morgan fingerprint density at radius 2 is 1.62 bits per heavy atom. The molecule has 0 aromatic rings. The molecule has 3 N–H and O–H groups in total. The SMILES string of the molecule is CC(=O)OCC1OC(SC(=N)N)C(OC(C)=O)C(C)C1OC(C)=O. The zero-order valence-corrected chi connectivity index (χ0v) is 14.8. The second-order valence-corrected chi connectivity index (χ2v) is 6.47. The summed E-state index contributed by atoms with van der Waals surface area (Å²) in [4.78, 5) is 33.8. The van der Waals surface area contributed by atoms with E-state index >= 15 is 0 Å². The number of amidine groups is 1. The summed E-state index contributed by atoms with van der Waals surface area (Å²) in [7, 11) is 0. The van der Waals surface area contributed by atoms with Crippen molar-refractivity contribution in [3.05, 3.63) is 0 Å². The Morgan fingerprint density at radius 3 is 2.08 bits per heavy atom. The molecule has 0 aromatic carbocycles. The van der Waals surface area contributed by atoms with Crippen molar-refractivity contribution in [2.24, 2.45) is 11.7 Å². The number of esters is 3. The third kappa shape index (κ3) is 6.00. The van der Waals surface area contributed by atoms with Crippen LogP contribution >= 0.6 is 11.8 Å². The van der Waals surface area contributed by atoms with Gasteiger partial charge in [-0.2, -0.15) is 0 Å². The Balaban J connectivity index is 3.04. The molecule has 1 rings (SSSR count). The standard InChI is InChI=1S/C14H22N2O7S/c1-6-11(21-8(3)18)10(5-20-7(2)17)23-13(24-14(15)16)12(6)22-9(4)19/h6,10-13H,5H2,1-4H3,(H3,15,16). The molecular formula is C14H22N2O7S. The minimum absolute atomic E-state index is 0.140. The van der Waals surface area contributed by atoms with Crippen molar-refractivity contribution in [2.45, 2.75) is 51.4 Å². The van der Waals surface area contributed by atoms with Gasteiger partial charge in [-0.25, -0.2) is 0 Å². The number of hydrogen-bond acceptors (Lipinski definition) is 9. The number of hydrogen-bond donors (Lipinski definition) is 2. The van der Waals surface area contributed by atoms with E-state index in [1.54, 1.807) is 6.92 Å². The molecule has 0 saturated carbocycles. The molecule has 0 amide bonds. The maximum Gasteiger partial charge on any atom is 0.303 e. The minimum Gasteiger partial charge on any atom is -0.463 e. The van der Waals surface area contributed by atoms with Crippen LogP contribution < -0.4 is 5.73 Å². The summed E-state index contributed by atoms with van der Waals surface area (Å²) in [6.07, 6.45) is -2.33. The van der Waals surface area contributed by atoms with Crippen LogP contribution in [0.25, 0.3) is 0 Å². The molecule has 1 aliphatic heterocycles. The molecule has 0 bridgehead atoms. The van der Waals surface area contributed by atoms with Gasteiger partial charge < -0.3 is 24.7 Å². The molecule has 10 heteroatoms. The highest BCUT2D eigenvalue weighted by Crippen LogP contribution is 2.35. The molecule has 9 nitrogen and oxygen atoms in total. The molecule has 0 spiro atoms. The van der Waals surface area contributed by atoms with E-state index in [0.717, 1.165) is 11.8 Å². The van der Waals surface area contributed by atoms with E-state index in [4.69, 9.17) is 30.1 Å². The summed E-state index contributed by atoms with van der Waals surface area (Å²) < 4.78 is 21.2. The first-order chi connectivity index (χ1) is 11.1. The first-order valence-electron chi connectivity index (χ1n) is 7.25. The number of thioether (sulfide) groups is 1. The van der Waals surface area contributed by atoms with Crippen molar-refractivity contribution in [3.63, 3.8) is 0 Å². The maximum absolute atomic E-state index is 11.4. The first-order valence-corrected chi connectivity index (χ1v) is 8.13. The van der Waals surface area contributed by atoms with Crippen molar-refractivity contribution in [3.8, 4) is 0 Å². The number of carbonyl (C=O) groups is 3. The van der Waals surface area contributed by atoms with Gasteiger partial charge in [0.15, 0.2) is 5.17 Å². The average molecular weight is 362 g/mol. The Bertz CT molecular complexity index is 511. The Labute approximate surface area is 144 Å². The van der Waals surface area contributed by atoms with Crippen LogP contribution in [0.1, 0.15) is 27.7 Å². The smallest absolute Gasteiger partial charge is 0.303 e. The number of ether oxygens (including phenoxy) is 4. The zero-order chi connectivity index (χ0) is 18.4. The van der Waals surface area contributed by atoms with E-state index in [2.05, 4.69) is 0 Å². The Morgan fingerprint density at radius 1 is 1.08 bits per heavy atom. The van der Waals surface area contributed by atoms with E-state index in [1.807, 2.05) is 0 Å². The van der Waals surface area contributed by atoms with E-state index in [0.29, 0.717) is 0 Å². The van der Waals surface area contributed by atoms with Gasteiger partial charge in [0, 0.05) is 26.7 Å². The first kappa shape index (κ1) is 20.2. The third-order valence-corrected chi connectivity index (χ3v) is 4.14. The van der Waals surface area contributed by atoms with Gasteiger partial charge in [0.25, 0.3) is 0 Å². The predicted molar refractivity (Wildman–Crippen MR) is 85.1 cm³/mol. The summed E-state index contributed by atoms with van der Waals surface area (Å²) in [5.74, 6) is -2.04. The second-order valence-electron chi connectivity index (χ2n) is 5.33. The van der Waals surface area contributed by atoms with Gasteiger partial charge in [0.05, 0.1) is 0 Å². The molecular weight excluding hydrogens is 340 g/mol. The van der Waals surface area contributed by atoms with Crippen molar-refractivity contribution in [1.82, 2.24) is 0 Å². The quantitative estimate of drug-likeness (QED) is 0.308. The fourth-order valence-corrected chi connectivity index (χ4v) is 3.27. The lowest BCUT2D eigenvalue weighted by atomic mass is 9.91. The van der Waals surface area contributed by atoms with Gasteiger partial charge in [-0.1, -0.05) is 18.7 Å². The fraction of sp³-hybridized carbons (Fsp3) is 0.714. The van der Waals surface area contributed by atoms with E-state index in [1.165, 1.54) is 20.8 Å².